The third-order valence-electron chi connectivity index (χ3n) is 5.38. The number of carbonyl (C=O) groups excluding carboxylic acids is 2. The van der Waals surface area contributed by atoms with Crippen molar-refractivity contribution in [2.45, 2.75) is 59.2 Å². The van der Waals surface area contributed by atoms with Gasteiger partial charge in [0.15, 0.2) is 23.1 Å². The number of phenolic OH excluding ortho intramolecular Hbond substituents is 2. The Morgan fingerprint density at radius 3 is 1.89 bits per heavy atom. The molecule has 35 heavy (non-hydrogen) atoms. The SMILES string of the molecule is C.COC(=O)c1cc(O)c2c(c1F)OC(C)(C)C2.COC(=O)c1cc2c(c(O)c1F)CC(C)(C)O2. The van der Waals surface area contributed by atoms with E-state index in [1.165, 1.54) is 6.07 Å². The molecule has 2 aliphatic rings. The van der Waals surface area contributed by atoms with Crippen molar-refractivity contribution < 1.29 is 47.5 Å². The molecular weight excluding hydrogens is 466 g/mol. The van der Waals surface area contributed by atoms with E-state index in [2.05, 4.69) is 9.47 Å². The zero-order valence-corrected chi connectivity index (χ0v) is 19.7. The third kappa shape index (κ3) is 5.26. The largest absolute Gasteiger partial charge is 0.507 e. The van der Waals surface area contributed by atoms with Crippen LogP contribution in [0.4, 0.5) is 8.78 Å². The maximum Gasteiger partial charge on any atom is 0.341 e. The molecule has 0 unspecified atom stereocenters. The Morgan fingerprint density at radius 2 is 1.34 bits per heavy atom. The fourth-order valence-corrected chi connectivity index (χ4v) is 3.87. The van der Waals surface area contributed by atoms with Crippen LogP contribution in [0.5, 0.6) is 23.0 Å². The Morgan fingerprint density at radius 1 is 0.857 bits per heavy atom. The summed E-state index contributed by atoms with van der Waals surface area (Å²) in [5.74, 6) is -3.83. The van der Waals surface area contributed by atoms with Crippen molar-refractivity contribution in [3.63, 3.8) is 0 Å². The first-order chi connectivity index (χ1) is 15.7. The Hall–Kier alpha value is -3.56. The smallest absolute Gasteiger partial charge is 0.341 e. The van der Waals surface area contributed by atoms with E-state index in [4.69, 9.17) is 9.47 Å². The molecule has 2 aromatic carbocycles. The number of halogens is 2. The summed E-state index contributed by atoms with van der Waals surface area (Å²) in [4.78, 5) is 22.6. The number of rotatable bonds is 2. The monoisotopic (exact) mass is 496 g/mol. The zero-order chi connectivity index (χ0) is 25.6. The molecule has 10 heteroatoms. The van der Waals surface area contributed by atoms with Gasteiger partial charge in [0.25, 0.3) is 0 Å². The van der Waals surface area contributed by atoms with Crippen LogP contribution in [0.1, 0.15) is 67.0 Å². The molecule has 2 N–H and O–H groups in total. The van der Waals surface area contributed by atoms with Crippen LogP contribution in [0.15, 0.2) is 12.1 Å². The number of benzene rings is 2. The van der Waals surface area contributed by atoms with Gasteiger partial charge < -0.3 is 29.2 Å². The Labute approximate surface area is 202 Å². The molecule has 0 spiro atoms. The lowest BCUT2D eigenvalue weighted by molar-refractivity contribution is 0.0584. The highest BCUT2D eigenvalue weighted by Gasteiger charge is 2.37. The summed E-state index contributed by atoms with van der Waals surface area (Å²) in [5, 5.41) is 19.5. The summed E-state index contributed by atoms with van der Waals surface area (Å²) in [6.45, 7) is 7.21. The molecular formula is C25H30F2O8. The molecule has 0 atom stereocenters. The van der Waals surface area contributed by atoms with Gasteiger partial charge >= 0.3 is 11.9 Å². The minimum Gasteiger partial charge on any atom is -0.507 e. The third-order valence-corrected chi connectivity index (χ3v) is 5.38. The van der Waals surface area contributed by atoms with Crippen LogP contribution in [0.3, 0.4) is 0 Å². The van der Waals surface area contributed by atoms with Crippen LogP contribution >= 0.6 is 0 Å². The van der Waals surface area contributed by atoms with E-state index >= 15 is 0 Å². The molecule has 4 rings (SSSR count). The van der Waals surface area contributed by atoms with Gasteiger partial charge in [-0.1, -0.05) is 7.43 Å². The molecule has 0 amide bonds. The van der Waals surface area contributed by atoms with E-state index in [0.717, 1.165) is 20.3 Å². The molecule has 8 nitrogen and oxygen atoms in total. The Bertz CT molecular complexity index is 1160. The number of methoxy groups -OCH3 is 2. The molecule has 2 heterocycles. The van der Waals surface area contributed by atoms with Gasteiger partial charge in [-0.15, -0.1) is 0 Å². The Kier molecular flexibility index (Phi) is 7.59. The number of phenols is 2. The molecule has 0 fully saturated rings. The number of esters is 2. The van der Waals surface area contributed by atoms with Crippen LogP contribution in [-0.4, -0.2) is 47.6 Å². The molecule has 192 valence electrons. The summed E-state index contributed by atoms with van der Waals surface area (Å²) >= 11 is 0. The van der Waals surface area contributed by atoms with Gasteiger partial charge in [-0.2, -0.15) is 0 Å². The van der Waals surface area contributed by atoms with Crippen LogP contribution in [-0.2, 0) is 22.3 Å². The minimum atomic E-state index is -0.961. The second-order valence-electron chi connectivity index (χ2n) is 9.19. The van der Waals surface area contributed by atoms with Crippen molar-refractivity contribution in [1.29, 1.82) is 0 Å². The summed E-state index contributed by atoms with van der Waals surface area (Å²) in [6.07, 6.45) is 0.791. The molecule has 0 saturated heterocycles. The summed E-state index contributed by atoms with van der Waals surface area (Å²) in [6, 6.07) is 2.34. The van der Waals surface area contributed by atoms with E-state index in [9.17, 15) is 28.6 Å². The van der Waals surface area contributed by atoms with Gasteiger partial charge in [-0.3, -0.25) is 0 Å². The number of hydrogen-bond acceptors (Lipinski definition) is 8. The second kappa shape index (κ2) is 9.59. The van der Waals surface area contributed by atoms with Gasteiger partial charge in [0.1, 0.15) is 33.8 Å². The predicted octanol–water partition coefficient (Wildman–Crippen LogP) is 4.70. The summed E-state index contributed by atoms with van der Waals surface area (Å²) < 4.78 is 47.5. The maximum atomic E-state index is 14.0. The minimum absolute atomic E-state index is 0. The quantitative estimate of drug-likeness (QED) is 0.576. The molecule has 2 aliphatic heterocycles. The standard InChI is InChI=1S/2C12H13FO4.CH4/c1-12(2)5-7-8(17-12)4-6(11(15)16-3)9(13)10(7)14;1-12(2)5-7-8(14)4-6(11(15)16-3)9(13)10(7)17-12;/h2*4,14H,5H2,1-3H3;1H4. The van der Waals surface area contributed by atoms with Crippen molar-refractivity contribution in [2.24, 2.45) is 0 Å². The van der Waals surface area contributed by atoms with Gasteiger partial charge in [0.2, 0.25) is 0 Å². The topological polar surface area (TPSA) is 112 Å². The highest BCUT2D eigenvalue weighted by molar-refractivity contribution is 5.91. The lowest BCUT2D eigenvalue weighted by Gasteiger charge is -2.17. The molecule has 2 aromatic rings. The number of hydrogen-bond donors (Lipinski definition) is 2. The van der Waals surface area contributed by atoms with Gasteiger partial charge in [0, 0.05) is 24.0 Å². The highest BCUT2D eigenvalue weighted by atomic mass is 19.1. The fourth-order valence-electron chi connectivity index (χ4n) is 3.87. The number of carbonyl (C=O) groups is 2. The van der Waals surface area contributed by atoms with Gasteiger partial charge in [0.05, 0.1) is 14.2 Å². The number of fused-ring (bicyclic) bond motifs is 2. The van der Waals surface area contributed by atoms with E-state index < -0.39 is 40.5 Å². The molecule has 0 radical (unpaired) electrons. The first kappa shape index (κ1) is 27.7. The average Bonchev–Trinajstić information content (AvgIpc) is 3.27. The maximum absolute atomic E-state index is 14.0. The van der Waals surface area contributed by atoms with Crippen molar-refractivity contribution in [1.82, 2.24) is 0 Å². The van der Waals surface area contributed by atoms with Crippen LogP contribution in [0, 0.1) is 11.6 Å². The fraction of sp³-hybridized carbons (Fsp3) is 0.440. The van der Waals surface area contributed by atoms with Crippen LogP contribution < -0.4 is 9.47 Å². The van der Waals surface area contributed by atoms with Gasteiger partial charge in [-0.25, -0.2) is 18.4 Å². The van der Waals surface area contributed by atoms with E-state index in [0.29, 0.717) is 29.7 Å². The molecule has 0 saturated carbocycles. The van der Waals surface area contributed by atoms with Crippen LogP contribution in [0.2, 0.25) is 0 Å². The van der Waals surface area contributed by atoms with Crippen molar-refractivity contribution in [3.8, 4) is 23.0 Å². The van der Waals surface area contributed by atoms with Gasteiger partial charge in [-0.05, 0) is 39.8 Å². The average molecular weight is 497 g/mol. The number of ether oxygens (including phenoxy) is 4. The predicted molar refractivity (Wildman–Crippen MR) is 122 cm³/mol. The van der Waals surface area contributed by atoms with Crippen LogP contribution in [0.25, 0.3) is 0 Å². The lowest BCUT2D eigenvalue weighted by Crippen LogP contribution is -2.25. The summed E-state index contributed by atoms with van der Waals surface area (Å²) in [7, 11) is 2.30. The van der Waals surface area contributed by atoms with E-state index in [1.54, 1.807) is 13.8 Å². The normalized spacial score (nSPS) is 15.8. The van der Waals surface area contributed by atoms with Crippen molar-refractivity contribution >= 4 is 11.9 Å². The first-order valence-electron chi connectivity index (χ1n) is 10.3. The highest BCUT2D eigenvalue weighted by Crippen LogP contribution is 2.44. The molecule has 0 aliphatic carbocycles. The zero-order valence-electron chi connectivity index (χ0n) is 19.7. The lowest BCUT2D eigenvalue weighted by atomic mass is 9.99. The summed E-state index contributed by atoms with van der Waals surface area (Å²) in [5.41, 5.74) is -0.959. The van der Waals surface area contributed by atoms with Crippen molar-refractivity contribution in [2.75, 3.05) is 14.2 Å². The second-order valence-corrected chi connectivity index (χ2v) is 9.19. The first-order valence-corrected chi connectivity index (χ1v) is 10.3. The Balaban J connectivity index is 0.000000240. The van der Waals surface area contributed by atoms with Crippen molar-refractivity contribution in [3.05, 3.63) is 46.0 Å². The van der Waals surface area contributed by atoms with E-state index in [1.807, 2.05) is 13.8 Å². The molecule has 0 aromatic heterocycles. The molecule has 0 bridgehead atoms. The van der Waals surface area contributed by atoms with E-state index in [-0.39, 0.29) is 30.1 Å². The number of aromatic hydroxyl groups is 2.